The summed E-state index contributed by atoms with van der Waals surface area (Å²) in [6.07, 6.45) is 0. The molecule has 2 amide bonds. The van der Waals surface area contributed by atoms with E-state index in [1.807, 2.05) is 48.5 Å². The van der Waals surface area contributed by atoms with Crippen molar-refractivity contribution in [1.29, 1.82) is 0 Å². The Morgan fingerprint density at radius 1 is 0.900 bits per heavy atom. The molecule has 1 saturated heterocycles. The lowest BCUT2D eigenvalue weighted by Gasteiger charge is -2.15. The van der Waals surface area contributed by atoms with Crippen LogP contribution in [0.1, 0.15) is 5.56 Å². The molecule has 2 heterocycles. The summed E-state index contributed by atoms with van der Waals surface area (Å²) >= 11 is 1.11. The van der Waals surface area contributed by atoms with Gasteiger partial charge in [-0.1, -0.05) is 36.4 Å². The minimum Gasteiger partial charge on any atom is -0.321 e. The lowest BCUT2D eigenvalue weighted by Crippen LogP contribution is -2.29. The minimum absolute atomic E-state index is 0.165. The van der Waals surface area contributed by atoms with Gasteiger partial charge in [0.2, 0.25) is 0 Å². The van der Waals surface area contributed by atoms with E-state index in [-0.39, 0.29) is 16.4 Å². The van der Waals surface area contributed by atoms with Gasteiger partial charge in [-0.05, 0) is 54.2 Å². The Balaban J connectivity index is 1.69. The number of benzene rings is 3. The fourth-order valence-electron chi connectivity index (χ4n) is 3.38. The maximum atomic E-state index is 13.9. The molecule has 0 spiro atoms. The van der Waals surface area contributed by atoms with Gasteiger partial charge in [-0.3, -0.25) is 14.5 Å². The predicted octanol–water partition coefficient (Wildman–Crippen LogP) is 4.96. The van der Waals surface area contributed by atoms with Crippen LogP contribution in [0.25, 0.3) is 5.57 Å². The molecular weight excluding hydrogens is 401 g/mol. The molecule has 5 rings (SSSR count). The van der Waals surface area contributed by atoms with Crippen LogP contribution in [-0.4, -0.2) is 17.0 Å². The Morgan fingerprint density at radius 2 is 1.60 bits per heavy atom. The Kier molecular flexibility index (Phi) is 4.44. The van der Waals surface area contributed by atoms with Gasteiger partial charge in [0.25, 0.3) is 11.8 Å². The topological polar surface area (TPSA) is 61.8 Å². The molecule has 1 N–H and O–H groups in total. The molecule has 0 unspecified atom stereocenters. The summed E-state index contributed by atoms with van der Waals surface area (Å²) in [5.41, 5.74) is 2.35. The largest absolute Gasteiger partial charge is 0.321 e. The van der Waals surface area contributed by atoms with E-state index >= 15 is 0 Å². The first kappa shape index (κ1) is 18.3. The summed E-state index contributed by atoms with van der Waals surface area (Å²) in [6, 6.07) is 22.4. The number of thioether (sulfide) groups is 1. The van der Waals surface area contributed by atoms with Gasteiger partial charge >= 0.3 is 0 Å². The highest BCUT2D eigenvalue weighted by atomic mass is 32.2. The lowest BCUT2D eigenvalue weighted by atomic mass is 10.1. The fourth-order valence-corrected chi connectivity index (χ4v) is 4.48. The number of carbonyl (C=O) groups excluding carboxylic acids is 2. The predicted molar refractivity (Wildman–Crippen MR) is 117 cm³/mol. The molecule has 146 valence electrons. The number of nitrogens with one attached hydrogen (secondary N) is 1. The van der Waals surface area contributed by atoms with Crippen molar-refractivity contribution in [1.82, 2.24) is 0 Å². The number of anilines is 2. The SMILES string of the molecule is O=C1Nc2ccc(F)cc2/C1=C1/S/C(=N\c2ccccc2)N(c2ccccc2)C1=O. The van der Waals surface area contributed by atoms with Crippen molar-refractivity contribution >= 4 is 51.4 Å². The monoisotopic (exact) mass is 415 g/mol. The van der Waals surface area contributed by atoms with Gasteiger partial charge in [0.15, 0.2) is 5.17 Å². The number of rotatable bonds is 2. The molecule has 3 aromatic rings. The molecule has 0 radical (unpaired) electrons. The summed E-state index contributed by atoms with van der Waals surface area (Å²) in [6.45, 7) is 0. The zero-order valence-electron chi connectivity index (χ0n) is 15.5. The van der Waals surface area contributed by atoms with E-state index in [1.54, 1.807) is 12.1 Å². The van der Waals surface area contributed by atoms with Gasteiger partial charge in [0.1, 0.15) is 5.82 Å². The van der Waals surface area contributed by atoms with E-state index in [4.69, 9.17) is 0 Å². The summed E-state index contributed by atoms with van der Waals surface area (Å²) in [5, 5.41) is 3.13. The second-order valence-electron chi connectivity index (χ2n) is 6.66. The van der Waals surface area contributed by atoms with Crippen LogP contribution in [0.3, 0.4) is 0 Å². The van der Waals surface area contributed by atoms with Crippen molar-refractivity contribution in [2.45, 2.75) is 0 Å². The Labute approximate surface area is 175 Å². The van der Waals surface area contributed by atoms with Crippen LogP contribution in [0.15, 0.2) is 88.8 Å². The Hall–Kier alpha value is -3.71. The third-order valence-electron chi connectivity index (χ3n) is 4.73. The van der Waals surface area contributed by atoms with Crippen LogP contribution in [0.5, 0.6) is 0 Å². The van der Waals surface area contributed by atoms with Crippen LogP contribution in [0.2, 0.25) is 0 Å². The smallest absolute Gasteiger partial charge is 0.272 e. The third kappa shape index (κ3) is 3.09. The van der Waals surface area contributed by atoms with Gasteiger partial charge < -0.3 is 5.32 Å². The van der Waals surface area contributed by atoms with Crippen LogP contribution < -0.4 is 10.2 Å². The molecule has 1 fully saturated rings. The zero-order chi connectivity index (χ0) is 20.7. The molecule has 7 heteroatoms. The molecule has 2 aliphatic rings. The third-order valence-corrected chi connectivity index (χ3v) is 5.77. The number of amidine groups is 1. The highest BCUT2D eigenvalue weighted by Gasteiger charge is 2.41. The highest BCUT2D eigenvalue weighted by molar-refractivity contribution is 8.19. The van der Waals surface area contributed by atoms with Crippen molar-refractivity contribution in [3.8, 4) is 0 Å². The van der Waals surface area contributed by atoms with Crippen molar-refractivity contribution in [3.05, 3.63) is 95.1 Å². The fraction of sp³-hybridized carbons (Fsp3) is 0. The number of fused-ring (bicyclic) bond motifs is 1. The quantitative estimate of drug-likeness (QED) is 0.602. The number of carbonyl (C=O) groups is 2. The number of hydrogen-bond donors (Lipinski definition) is 1. The number of hydrogen-bond acceptors (Lipinski definition) is 4. The van der Waals surface area contributed by atoms with Crippen molar-refractivity contribution < 1.29 is 14.0 Å². The van der Waals surface area contributed by atoms with Gasteiger partial charge in [-0.2, -0.15) is 0 Å². The van der Waals surface area contributed by atoms with Crippen molar-refractivity contribution in [3.63, 3.8) is 0 Å². The zero-order valence-corrected chi connectivity index (χ0v) is 16.3. The molecule has 0 aromatic heterocycles. The summed E-state index contributed by atoms with van der Waals surface area (Å²) < 4.78 is 13.9. The normalized spacial score (nSPS) is 19.4. The molecule has 0 aliphatic carbocycles. The minimum atomic E-state index is -0.475. The molecule has 0 bridgehead atoms. The van der Waals surface area contributed by atoms with Crippen LogP contribution in [-0.2, 0) is 9.59 Å². The Bertz CT molecular complexity index is 1240. The van der Waals surface area contributed by atoms with Crippen LogP contribution in [0.4, 0.5) is 21.5 Å². The first-order valence-corrected chi connectivity index (χ1v) is 10.00. The number of halogens is 1. The van der Waals surface area contributed by atoms with Gasteiger partial charge in [-0.15, -0.1) is 0 Å². The summed E-state index contributed by atoms with van der Waals surface area (Å²) in [5.74, 6) is -1.28. The number of aliphatic imine (C=N–C) groups is 1. The molecule has 0 atom stereocenters. The first-order chi connectivity index (χ1) is 14.6. The van der Waals surface area contributed by atoms with Gasteiger partial charge in [-0.25, -0.2) is 9.38 Å². The van der Waals surface area contributed by atoms with E-state index in [0.29, 0.717) is 27.8 Å². The Morgan fingerprint density at radius 3 is 2.33 bits per heavy atom. The molecule has 3 aromatic carbocycles. The molecule has 5 nitrogen and oxygen atoms in total. The lowest BCUT2D eigenvalue weighted by molar-refractivity contribution is -0.114. The first-order valence-electron chi connectivity index (χ1n) is 9.18. The number of nitrogens with zero attached hydrogens (tertiary/aromatic N) is 2. The number of amides is 2. The molecule has 2 aliphatic heterocycles. The van der Waals surface area contributed by atoms with Gasteiger partial charge in [0, 0.05) is 11.3 Å². The van der Waals surface area contributed by atoms with Gasteiger partial charge in [0.05, 0.1) is 21.9 Å². The average molecular weight is 415 g/mol. The van der Waals surface area contributed by atoms with E-state index in [9.17, 15) is 14.0 Å². The number of para-hydroxylation sites is 2. The second-order valence-corrected chi connectivity index (χ2v) is 7.63. The standard InChI is InChI=1S/C23H14FN3O2S/c24-14-11-12-18-17(13-14)19(21(28)26-18)20-22(29)27(16-9-5-2-6-10-16)23(30-20)25-15-7-3-1-4-8-15/h1-13H,(H,26,28)/b20-19-,25-23-. The van der Waals surface area contributed by atoms with Crippen molar-refractivity contribution in [2.24, 2.45) is 4.99 Å². The summed E-state index contributed by atoms with van der Waals surface area (Å²) in [4.78, 5) is 32.4. The average Bonchev–Trinajstić information content (AvgIpc) is 3.24. The van der Waals surface area contributed by atoms with E-state index in [2.05, 4.69) is 10.3 Å². The van der Waals surface area contributed by atoms with E-state index in [0.717, 1.165) is 11.8 Å². The maximum Gasteiger partial charge on any atom is 0.272 e. The molecule has 30 heavy (non-hydrogen) atoms. The van der Waals surface area contributed by atoms with Crippen molar-refractivity contribution in [2.75, 3.05) is 10.2 Å². The van der Waals surface area contributed by atoms with E-state index < -0.39 is 11.7 Å². The van der Waals surface area contributed by atoms with E-state index in [1.165, 1.54) is 23.1 Å². The molecule has 0 saturated carbocycles. The highest BCUT2D eigenvalue weighted by Crippen LogP contribution is 2.44. The maximum absolute atomic E-state index is 13.9. The second kappa shape index (κ2) is 7.27. The van der Waals surface area contributed by atoms with Crippen LogP contribution in [0, 0.1) is 5.82 Å². The van der Waals surface area contributed by atoms with Crippen LogP contribution >= 0.6 is 11.8 Å². The summed E-state index contributed by atoms with van der Waals surface area (Å²) in [7, 11) is 0. The molecular formula is C23H14FN3O2S.